The third kappa shape index (κ3) is 3.39. The molecule has 5 nitrogen and oxygen atoms in total. The maximum Gasteiger partial charge on any atom is 0.244 e. The molecule has 0 bridgehead atoms. The zero-order valence-electron chi connectivity index (χ0n) is 11.3. The first-order chi connectivity index (χ1) is 9.40. The second kappa shape index (κ2) is 5.95. The van der Waals surface area contributed by atoms with E-state index in [-0.39, 0.29) is 4.90 Å². The fourth-order valence-corrected chi connectivity index (χ4v) is 3.64. The number of H-pyrrole nitrogens is 1. The summed E-state index contributed by atoms with van der Waals surface area (Å²) < 4.78 is 27.0. The van der Waals surface area contributed by atoms with Gasteiger partial charge in [0.2, 0.25) is 10.0 Å². The number of aryl methyl sites for hydroxylation is 2. The lowest BCUT2D eigenvalue weighted by Crippen LogP contribution is -2.26. The van der Waals surface area contributed by atoms with Gasteiger partial charge < -0.3 is 0 Å². The number of nitrogens with zero attached hydrogens (tertiary/aromatic N) is 1. The molecule has 1 aromatic heterocycles. The Labute approximate surface area is 123 Å². The normalized spacial score (nSPS) is 11.8. The Morgan fingerprint density at radius 3 is 2.70 bits per heavy atom. The monoisotopic (exact) mass is 313 g/mol. The number of halogens is 1. The zero-order valence-corrected chi connectivity index (χ0v) is 12.8. The molecule has 108 valence electrons. The minimum absolute atomic E-state index is 0.226. The quantitative estimate of drug-likeness (QED) is 0.888. The van der Waals surface area contributed by atoms with E-state index in [1.54, 1.807) is 19.9 Å². The molecule has 1 heterocycles. The van der Waals surface area contributed by atoms with E-state index in [1.807, 2.05) is 18.2 Å². The summed E-state index contributed by atoms with van der Waals surface area (Å²) in [6.07, 6.45) is 0.579. The summed E-state index contributed by atoms with van der Waals surface area (Å²) >= 11 is 5.89. The second-order valence-corrected chi connectivity index (χ2v) is 6.68. The number of sulfonamides is 1. The average molecular weight is 314 g/mol. The van der Waals surface area contributed by atoms with Gasteiger partial charge in [-0.25, -0.2) is 13.1 Å². The Hall–Kier alpha value is -1.37. The molecule has 0 unspecified atom stereocenters. The Balaban J connectivity index is 2.04. The van der Waals surface area contributed by atoms with Gasteiger partial charge in [0.25, 0.3) is 0 Å². The van der Waals surface area contributed by atoms with Crippen LogP contribution in [0.4, 0.5) is 0 Å². The lowest BCUT2D eigenvalue weighted by Gasteiger charge is -2.07. The number of aromatic amines is 1. The van der Waals surface area contributed by atoms with Crippen LogP contribution in [-0.2, 0) is 16.4 Å². The van der Waals surface area contributed by atoms with Crippen molar-refractivity contribution >= 4 is 21.6 Å². The summed E-state index contributed by atoms with van der Waals surface area (Å²) in [6.45, 7) is 3.66. The lowest BCUT2D eigenvalue weighted by molar-refractivity contribution is 0.580. The number of benzene rings is 1. The molecule has 0 fully saturated rings. The minimum atomic E-state index is -3.54. The van der Waals surface area contributed by atoms with Crippen molar-refractivity contribution in [2.24, 2.45) is 0 Å². The summed E-state index contributed by atoms with van der Waals surface area (Å²) in [4.78, 5) is 0.226. The lowest BCUT2D eigenvalue weighted by atomic mass is 10.2. The molecule has 2 N–H and O–H groups in total. The molecule has 20 heavy (non-hydrogen) atoms. The van der Waals surface area contributed by atoms with Gasteiger partial charge in [0.05, 0.1) is 11.4 Å². The van der Waals surface area contributed by atoms with Crippen molar-refractivity contribution < 1.29 is 8.42 Å². The highest BCUT2D eigenvalue weighted by Gasteiger charge is 2.21. The molecule has 0 aliphatic carbocycles. The van der Waals surface area contributed by atoms with Crippen LogP contribution in [0.1, 0.15) is 17.0 Å². The Kier molecular flexibility index (Phi) is 4.47. The number of hydrogen-bond donors (Lipinski definition) is 2. The number of nitrogens with one attached hydrogen (secondary N) is 2. The molecular formula is C13H16ClN3O2S. The highest BCUT2D eigenvalue weighted by atomic mass is 35.5. The molecular weight excluding hydrogens is 298 g/mol. The molecule has 0 radical (unpaired) electrons. The Bertz CT molecular complexity index is 691. The van der Waals surface area contributed by atoms with Gasteiger partial charge in [-0.2, -0.15) is 5.10 Å². The van der Waals surface area contributed by atoms with Crippen LogP contribution in [0.3, 0.4) is 0 Å². The standard InChI is InChI=1S/C13H16ClN3O2S/c1-9-13(10(2)17-16-9)20(18,19)15-7-6-11-4-3-5-12(14)8-11/h3-5,8,15H,6-7H2,1-2H3,(H,16,17). The highest BCUT2D eigenvalue weighted by Crippen LogP contribution is 2.16. The van der Waals surface area contributed by atoms with Crippen molar-refractivity contribution in [3.05, 3.63) is 46.2 Å². The number of hydrogen-bond acceptors (Lipinski definition) is 3. The van der Waals surface area contributed by atoms with Gasteiger partial charge >= 0.3 is 0 Å². The number of rotatable bonds is 5. The third-order valence-electron chi connectivity index (χ3n) is 2.92. The maximum atomic E-state index is 12.2. The van der Waals surface area contributed by atoms with Gasteiger partial charge in [-0.3, -0.25) is 5.10 Å². The van der Waals surface area contributed by atoms with E-state index >= 15 is 0 Å². The molecule has 0 aliphatic rings. The number of aromatic nitrogens is 2. The smallest absolute Gasteiger partial charge is 0.244 e. The zero-order chi connectivity index (χ0) is 14.8. The van der Waals surface area contributed by atoms with Gasteiger partial charge in [0.15, 0.2) is 0 Å². The van der Waals surface area contributed by atoms with Gasteiger partial charge in [0.1, 0.15) is 4.90 Å². The van der Waals surface area contributed by atoms with Crippen LogP contribution in [0.25, 0.3) is 0 Å². The SMILES string of the molecule is Cc1n[nH]c(C)c1S(=O)(=O)NCCc1cccc(Cl)c1. The van der Waals surface area contributed by atoms with Gasteiger partial charge in [-0.1, -0.05) is 23.7 Å². The predicted molar refractivity (Wildman–Crippen MR) is 78.4 cm³/mol. The van der Waals surface area contributed by atoms with Crippen LogP contribution in [0.5, 0.6) is 0 Å². The van der Waals surface area contributed by atoms with E-state index in [0.29, 0.717) is 29.4 Å². The second-order valence-electron chi connectivity index (χ2n) is 4.54. The average Bonchev–Trinajstić information content (AvgIpc) is 2.69. The van der Waals surface area contributed by atoms with Crippen LogP contribution in [0.15, 0.2) is 29.2 Å². The molecule has 1 aromatic carbocycles. The van der Waals surface area contributed by atoms with Crippen LogP contribution in [0.2, 0.25) is 5.02 Å². The summed E-state index contributed by atoms with van der Waals surface area (Å²) in [7, 11) is -3.54. The van der Waals surface area contributed by atoms with Gasteiger partial charge in [-0.15, -0.1) is 0 Å². The van der Waals surface area contributed by atoms with E-state index < -0.39 is 10.0 Å². The predicted octanol–water partition coefficient (Wildman–Crippen LogP) is 2.20. The Morgan fingerprint density at radius 1 is 1.35 bits per heavy atom. The fraction of sp³-hybridized carbons (Fsp3) is 0.308. The van der Waals surface area contributed by atoms with E-state index in [9.17, 15) is 8.42 Å². The Morgan fingerprint density at radius 2 is 2.10 bits per heavy atom. The molecule has 2 aromatic rings. The first kappa shape index (κ1) is 15.0. The van der Waals surface area contributed by atoms with E-state index in [0.717, 1.165) is 5.56 Å². The topological polar surface area (TPSA) is 74.8 Å². The third-order valence-corrected chi connectivity index (χ3v) is 4.88. The fourth-order valence-electron chi connectivity index (χ4n) is 2.03. The van der Waals surface area contributed by atoms with Crippen molar-refractivity contribution in [3.8, 4) is 0 Å². The van der Waals surface area contributed by atoms with Crippen LogP contribution in [0, 0.1) is 13.8 Å². The van der Waals surface area contributed by atoms with Gasteiger partial charge in [0, 0.05) is 11.6 Å². The first-order valence-corrected chi connectivity index (χ1v) is 8.02. The molecule has 7 heteroatoms. The van der Waals surface area contributed by atoms with Crippen molar-refractivity contribution in [2.75, 3.05) is 6.54 Å². The molecule has 0 saturated heterocycles. The van der Waals surface area contributed by atoms with Crippen molar-refractivity contribution in [2.45, 2.75) is 25.2 Å². The van der Waals surface area contributed by atoms with Crippen LogP contribution < -0.4 is 4.72 Å². The summed E-state index contributed by atoms with van der Waals surface area (Å²) in [5.41, 5.74) is 2.00. The molecule has 0 aliphatic heterocycles. The largest absolute Gasteiger partial charge is 0.281 e. The molecule has 2 rings (SSSR count). The van der Waals surface area contributed by atoms with E-state index in [1.165, 1.54) is 0 Å². The highest BCUT2D eigenvalue weighted by molar-refractivity contribution is 7.89. The van der Waals surface area contributed by atoms with Crippen molar-refractivity contribution in [1.82, 2.24) is 14.9 Å². The molecule has 0 spiro atoms. The van der Waals surface area contributed by atoms with E-state index in [4.69, 9.17) is 11.6 Å². The van der Waals surface area contributed by atoms with E-state index in [2.05, 4.69) is 14.9 Å². The summed E-state index contributed by atoms with van der Waals surface area (Å²) in [5, 5.41) is 7.22. The van der Waals surface area contributed by atoms with Crippen molar-refractivity contribution in [1.29, 1.82) is 0 Å². The van der Waals surface area contributed by atoms with Crippen LogP contribution >= 0.6 is 11.6 Å². The van der Waals surface area contributed by atoms with Gasteiger partial charge in [-0.05, 0) is 38.0 Å². The molecule has 0 atom stereocenters. The maximum absolute atomic E-state index is 12.2. The minimum Gasteiger partial charge on any atom is -0.281 e. The first-order valence-electron chi connectivity index (χ1n) is 6.16. The molecule has 0 saturated carbocycles. The molecule has 0 amide bonds. The summed E-state index contributed by atoms with van der Waals surface area (Å²) in [5.74, 6) is 0. The van der Waals surface area contributed by atoms with Crippen molar-refractivity contribution in [3.63, 3.8) is 0 Å². The van der Waals surface area contributed by atoms with Crippen LogP contribution in [-0.4, -0.2) is 25.2 Å². The summed E-state index contributed by atoms with van der Waals surface area (Å²) in [6, 6.07) is 7.36.